The Morgan fingerprint density at radius 3 is 3.00 bits per heavy atom. The number of thiazole rings is 1. The van der Waals surface area contributed by atoms with E-state index in [2.05, 4.69) is 20.9 Å². The maximum atomic E-state index is 12.4. The highest BCUT2D eigenvalue weighted by Crippen LogP contribution is 2.22. The lowest BCUT2D eigenvalue weighted by Crippen LogP contribution is -2.27. The lowest BCUT2D eigenvalue weighted by molar-refractivity contribution is -0.115. The van der Waals surface area contributed by atoms with E-state index in [1.54, 1.807) is 34.5 Å². The molecule has 9 nitrogen and oxygen atoms in total. The zero-order valence-corrected chi connectivity index (χ0v) is 17.6. The van der Waals surface area contributed by atoms with Gasteiger partial charge in [0.05, 0.1) is 12.1 Å². The Bertz CT molecular complexity index is 901. The molecule has 30 heavy (non-hydrogen) atoms. The highest BCUT2D eigenvalue weighted by atomic mass is 32.1. The van der Waals surface area contributed by atoms with Crippen molar-refractivity contribution >= 4 is 40.0 Å². The molecule has 1 saturated heterocycles. The zero-order valence-electron chi connectivity index (χ0n) is 16.8. The van der Waals surface area contributed by atoms with E-state index in [0.29, 0.717) is 54.9 Å². The lowest BCUT2D eigenvalue weighted by atomic mass is 10.2. The van der Waals surface area contributed by atoms with Crippen LogP contribution in [-0.2, 0) is 16.0 Å². The summed E-state index contributed by atoms with van der Waals surface area (Å²) in [5.41, 5.74) is 1.60. The quantitative estimate of drug-likeness (QED) is 0.498. The third-order valence-corrected chi connectivity index (χ3v) is 5.25. The molecule has 0 atom stereocenters. The number of urea groups is 1. The maximum Gasteiger partial charge on any atom is 0.323 e. The van der Waals surface area contributed by atoms with E-state index in [1.807, 2.05) is 6.92 Å². The van der Waals surface area contributed by atoms with Gasteiger partial charge < -0.3 is 20.7 Å². The monoisotopic (exact) mass is 431 g/mol. The number of hydrogen-bond acceptors (Lipinski definition) is 6. The molecule has 2 aromatic rings. The van der Waals surface area contributed by atoms with Crippen LogP contribution in [0.1, 0.15) is 29.4 Å². The standard InChI is InChI=1S/C20H25N5O4S/c1-2-29-10-4-7-21-18(27)14-5-3-6-15(11-14)23-17(26)12-16-13-30-20(24-16)25-9-8-22-19(25)28/h3,5-6,11,13H,2,4,7-10,12H2,1H3,(H,21,27)(H,22,28)(H,23,26). The van der Waals surface area contributed by atoms with E-state index < -0.39 is 0 Å². The summed E-state index contributed by atoms with van der Waals surface area (Å²) in [5, 5.41) is 10.7. The molecule has 0 spiro atoms. The number of carbonyl (C=O) groups excluding carboxylic acids is 3. The number of rotatable bonds is 10. The van der Waals surface area contributed by atoms with Crippen LogP contribution in [0.2, 0.25) is 0 Å². The second-order valence-electron chi connectivity index (χ2n) is 6.62. The molecule has 1 aromatic carbocycles. The average Bonchev–Trinajstić information content (AvgIpc) is 3.36. The van der Waals surface area contributed by atoms with Crippen molar-refractivity contribution in [2.75, 3.05) is 43.1 Å². The first-order chi connectivity index (χ1) is 14.6. The molecule has 4 amide bonds. The van der Waals surface area contributed by atoms with Crippen molar-refractivity contribution in [3.63, 3.8) is 0 Å². The number of anilines is 2. The Hall–Kier alpha value is -2.98. The topological polar surface area (TPSA) is 113 Å². The minimum absolute atomic E-state index is 0.0831. The molecule has 10 heteroatoms. The van der Waals surface area contributed by atoms with Crippen LogP contribution in [0.25, 0.3) is 0 Å². The zero-order chi connectivity index (χ0) is 21.3. The van der Waals surface area contributed by atoms with Gasteiger partial charge in [0, 0.05) is 49.5 Å². The molecule has 3 N–H and O–H groups in total. The SMILES string of the molecule is CCOCCCNC(=O)c1cccc(NC(=O)Cc2csc(N3CCNC3=O)n2)c1. The maximum absolute atomic E-state index is 12.4. The summed E-state index contributed by atoms with van der Waals surface area (Å²) in [6, 6.07) is 6.61. The average molecular weight is 432 g/mol. The van der Waals surface area contributed by atoms with E-state index in [9.17, 15) is 14.4 Å². The van der Waals surface area contributed by atoms with E-state index in [0.717, 1.165) is 6.42 Å². The van der Waals surface area contributed by atoms with Crippen LogP contribution in [-0.4, -0.2) is 55.7 Å². The Labute approximate surface area is 178 Å². The molecular formula is C20H25N5O4S. The van der Waals surface area contributed by atoms with Gasteiger partial charge >= 0.3 is 6.03 Å². The van der Waals surface area contributed by atoms with Crippen LogP contribution in [0.3, 0.4) is 0 Å². The number of carbonyl (C=O) groups is 3. The summed E-state index contributed by atoms with van der Waals surface area (Å²) in [6.45, 7) is 4.87. The van der Waals surface area contributed by atoms with Gasteiger partial charge in [-0.15, -0.1) is 11.3 Å². The molecule has 2 heterocycles. The first-order valence-corrected chi connectivity index (χ1v) is 10.7. The van der Waals surface area contributed by atoms with Gasteiger partial charge in [-0.3, -0.25) is 14.5 Å². The van der Waals surface area contributed by atoms with Crippen molar-refractivity contribution in [2.45, 2.75) is 19.8 Å². The molecule has 0 saturated carbocycles. The van der Waals surface area contributed by atoms with Crippen molar-refractivity contribution in [3.05, 3.63) is 40.9 Å². The number of amides is 4. The summed E-state index contributed by atoms with van der Waals surface area (Å²) >= 11 is 1.33. The van der Waals surface area contributed by atoms with Gasteiger partial charge in [0.25, 0.3) is 5.91 Å². The number of ether oxygens (including phenoxy) is 1. The number of hydrogen-bond donors (Lipinski definition) is 3. The molecule has 0 bridgehead atoms. The van der Waals surface area contributed by atoms with Crippen LogP contribution < -0.4 is 20.9 Å². The first-order valence-electron chi connectivity index (χ1n) is 9.82. The smallest absolute Gasteiger partial charge is 0.323 e. The summed E-state index contributed by atoms with van der Waals surface area (Å²) in [6.07, 6.45) is 0.824. The van der Waals surface area contributed by atoms with Crippen LogP contribution in [0, 0.1) is 0 Å². The number of aromatic nitrogens is 1. The van der Waals surface area contributed by atoms with E-state index in [1.165, 1.54) is 11.3 Å². The normalized spacial score (nSPS) is 13.2. The molecule has 1 aromatic heterocycles. The molecule has 1 aliphatic rings. The summed E-state index contributed by atoms with van der Waals surface area (Å²) in [7, 11) is 0. The van der Waals surface area contributed by atoms with Crippen LogP contribution in [0.15, 0.2) is 29.6 Å². The molecule has 1 fully saturated rings. The molecule has 0 radical (unpaired) electrons. The fourth-order valence-electron chi connectivity index (χ4n) is 2.89. The summed E-state index contributed by atoms with van der Waals surface area (Å²) in [5.74, 6) is -0.442. The minimum Gasteiger partial charge on any atom is -0.382 e. The Morgan fingerprint density at radius 1 is 1.37 bits per heavy atom. The Morgan fingerprint density at radius 2 is 2.23 bits per heavy atom. The molecule has 0 aliphatic carbocycles. The van der Waals surface area contributed by atoms with Gasteiger partial charge in [-0.2, -0.15) is 0 Å². The van der Waals surface area contributed by atoms with Crippen molar-refractivity contribution in [3.8, 4) is 0 Å². The molecular weight excluding hydrogens is 406 g/mol. The number of nitrogens with one attached hydrogen (secondary N) is 3. The number of nitrogens with zero attached hydrogens (tertiary/aromatic N) is 2. The van der Waals surface area contributed by atoms with Gasteiger partial charge in [-0.05, 0) is 31.5 Å². The van der Waals surface area contributed by atoms with Crippen molar-refractivity contribution < 1.29 is 19.1 Å². The van der Waals surface area contributed by atoms with Crippen LogP contribution in [0.5, 0.6) is 0 Å². The third kappa shape index (κ3) is 6.01. The van der Waals surface area contributed by atoms with Crippen LogP contribution >= 0.6 is 11.3 Å². The largest absolute Gasteiger partial charge is 0.382 e. The lowest BCUT2D eigenvalue weighted by Gasteiger charge is -2.09. The van der Waals surface area contributed by atoms with Crippen molar-refractivity contribution in [1.29, 1.82) is 0 Å². The number of benzene rings is 1. The predicted octanol–water partition coefficient (Wildman–Crippen LogP) is 2.01. The van der Waals surface area contributed by atoms with E-state index >= 15 is 0 Å². The van der Waals surface area contributed by atoms with Gasteiger partial charge in [-0.1, -0.05) is 6.07 Å². The Balaban J connectivity index is 1.50. The van der Waals surface area contributed by atoms with Gasteiger partial charge in [0.2, 0.25) is 5.91 Å². The fourth-order valence-corrected chi connectivity index (χ4v) is 3.73. The van der Waals surface area contributed by atoms with Gasteiger partial charge in [0.1, 0.15) is 0 Å². The molecule has 3 rings (SSSR count). The first kappa shape index (κ1) is 21.7. The molecule has 160 valence electrons. The van der Waals surface area contributed by atoms with Crippen molar-refractivity contribution in [2.24, 2.45) is 0 Å². The minimum atomic E-state index is -0.244. The third-order valence-electron chi connectivity index (χ3n) is 4.33. The van der Waals surface area contributed by atoms with Gasteiger partial charge in [-0.25, -0.2) is 9.78 Å². The molecule has 0 unspecified atom stereocenters. The summed E-state index contributed by atoms with van der Waals surface area (Å²) in [4.78, 5) is 42.3. The highest BCUT2D eigenvalue weighted by Gasteiger charge is 2.24. The van der Waals surface area contributed by atoms with Crippen LogP contribution in [0.4, 0.5) is 15.6 Å². The predicted molar refractivity (Wildman–Crippen MR) is 115 cm³/mol. The van der Waals surface area contributed by atoms with E-state index in [-0.39, 0.29) is 24.3 Å². The second-order valence-corrected chi connectivity index (χ2v) is 7.45. The second kappa shape index (κ2) is 10.7. The molecule has 1 aliphatic heterocycles. The highest BCUT2D eigenvalue weighted by molar-refractivity contribution is 7.14. The summed E-state index contributed by atoms with van der Waals surface area (Å²) < 4.78 is 5.24. The van der Waals surface area contributed by atoms with E-state index in [4.69, 9.17) is 4.74 Å². The Kier molecular flexibility index (Phi) is 7.75. The fraction of sp³-hybridized carbons (Fsp3) is 0.400. The van der Waals surface area contributed by atoms with Crippen molar-refractivity contribution in [1.82, 2.24) is 15.6 Å². The van der Waals surface area contributed by atoms with Gasteiger partial charge in [0.15, 0.2) is 5.13 Å².